The van der Waals surface area contributed by atoms with Crippen LogP contribution in [0.2, 0.25) is 0 Å². The summed E-state index contributed by atoms with van der Waals surface area (Å²) < 4.78 is 19.8. The third-order valence-corrected chi connectivity index (χ3v) is 5.34. The SMILES string of the molecule is Cc1c(C(=O)N2CCN(CCOc3ccccc3)CC2)[nH]c2c(F)cccc12. The highest BCUT2D eigenvalue weighted by atomic mass is 19.1. The van der Waals surface area contributed by atoms with Crippen molar-refractivity contribution in [1.82, 2.24) is 14.8 Å². The van der Waals surface area contributed by atoms with Gasteiger partial charge in [-0.25, -0.2) is 4.39 Å². The van der Waals surface area contributed by atoms with Gasteiger partial charge in [-0.3, -0.25) is 9.69 Å². The van der Waals surface area contributed by atoms with E-state index in [-0.39, 0.29) is 11.7 Å². The Labute approximate surface area is 163 Å². The molecule has 1 amide bonds. The Morgan fingerprint density at radius 2 is 1.82 bits per heavy atom. The zero-order chi connectivity index (χ0) is 19.5. The molecule has 5 nitrogen and oxygen atoms in total. The van der Waals surface area contributed by atoms with Crippen LogP contribution in [0.25, 0.3) is 10.9 Å². The predicted octanol–water partition coefficient (Wildman–Crippen LogP) is 3.45. The number of carbonyl (C=O) groups is 1. The van der Waals surface area contributed by atoms with Crippen LogP contribution in [-0.2, 0) is 0 Å². The fourth-order valence-corrected chi connectivity index (χ4v) is 3.67. The molecule has 28 heavy (non-hydrogen) atoms. The zero-order valence-corrected chi connectivity index (χ0v) is 16.0. The highest BCUT2D eigenvalue weighted by molar-refractivity contribution is 6.01. The average molecular weight is 381 g/mol. The lowest BCUT2D eigenvalue weighted by Crippen LogP contribution is -2.49. The number of H-pyrrole nitrogens is 1. The van der Waals surface area contributed by atoms with Gasteiger partial charge >= 0.3 is 0 Å². The number of rotatable bonds is 5. The Kier molecular flexibility index (Phi) is 5.30. The molecule has 1 aliphatic rings. The zero-order valence-electron chi connectivity index (χ0n) is 16.0. The van der Waals surface area contributed by atoms with Gasteiger partial charge in [0.1, 0.15) is 23.9 Å². The van der Waals surface area contributed by atoms with Crippen molar-refractivity contribution in [2.24, 2.45) is 0 Å². The summed E-state index contributed by atoms with van der Waals surface area (Å²) in [5.41, 5.74) is 1.69. The van der Waals surface area contributed by atoms with E-state index in [1.165, 1.54) is 6.07 Å². The number of halogens is 1. The van der Waals surface area contributed by atoms with Gasteiger partial charge in [0.05, 0.1) is 5.52 Å². The van der Waals surface area contributed by atoms with Gasteiger partial charge < -0.3 is 14.6 Å². The summed E-state index contributed by atoms with van der Waals surface area (Å²) in [6.07, 6.45) is 0. The summed E-state index contributed by atoms with van der Waals surface area (Å²) in [5.74, 6) is 0.481. The maximum Gasteiger partial charge on any atom is 0.270 e. The molecule has 0 atom stereocenters. The van der Waals surface area contributed by atoms with E-state index in [1.807, 2.05) is 48.2 Å². The molecule has 2 aromatic carbocycles. The number of nitrogens with one attached hydrogen (secondary N) is 1. The number of para-hydroxylation sites is 2. The number of amides is 1. The van der Waals surface area contributed by atoms with E-state index in [1.54, 1.807) is 6.07 Å². The van der Waals surface area contributed by atoms with Crippen LogP contribution in [0.4, 0.5) is 4.39 Å². The molecule has 0 spiro atoms. The monoisotopic (exact) mass is 381 g/mol. The molecule has 1 aromatic heterocycles. The van der Waals surface area contributed by atoms with E-state index in [0.717, 1.165) is 36.3 Å². The van der Waals surface area contributed by atoms with Crippen molar-refractivity contribution >= 4 is 16.8 Å². The summed E-state index contributed by atoms with van der Waals surface area (Å²) in [6, 6.07) is 14.7. The Morgan fingerprint density at radius 3 is 2.54 bits per heavy atom. The third kappa shape index (κ3) is 3.73. The minimum absolute atomic E-state index is 0.0618. The van der Waals surface area contributed by atoms with E-state index < -0.39 is 0 Å². The van der Waals surface area contributed by atoms with Gasteiger partial charge in [0.2, 0.25) is 0 Å². The summed E-state index contributed by atoms with van der Waals surface area (Å²) in [5, 5.41) is 0.764. The molecule has 4 rings (SSSR count). The molecule has 0 saturated carbocycles. The van der Waals surface area contributed by atoms with Gasteiger partial charge in [0.25, 0.3) is 5.91 Å². The van der Waals surface area contributed by atoms with Crippen molar-refractivity contribution in [3.63, 3.8) is 0 Å². The summed E-state index contributed by atoms with van der Waals surface area (Å²) in [4.78, 5) is 20.1. The molecule has 0 radical (unpaired) electrons. The van der Waals surface area contributed by atoms with Crippen LogP contribution in [-0.4, -0.2) is 60.0 Å². The number of aryl methyl sites for hydroxylation is 1. The van der Waals surface area contributed by atoms with Crippen molar-refractivity contribution in [1.29, 1.82) is 0 Å². The molecule has 0 aliphatic carbocycles. The van der Waals surface area contributed by atoms with Crippen LogP contribution in [0.5, 0.6) is 5.75 Å². The molecule has 2 heterocycles. The van der Waals surface area contributed by atoms with E-state index in [9.17, 15) is 9.18 Å². The molecule has 3 aromatic rings. The second kappa shape index (κ2) is 8.02. The topological polar surface area (TPSA) is 48.6 Å². The van der Waals surface area contributed by atoms with E-state index in [4.69, 9.17) is 4.74 Å². The van der Waals surface area contributed by atoms with Gasteiger partial charge in [0.15, 0.2) is 0 Å². The van der Waals surface area contributed by atoms with Crippen LogP contribution < -0.4 is 4.74 Å². The normalized spacial score (nSPS) is 15.1. The van der Waals surface area contributed by atoms with Crippen LogP contribution in [0, 0.1) is 12.7 Å². The van der Waals surface area contributed by atoms with E-state index >= 15 is 0 Å². The predicted molar refractivity (Wildman–Crippen MR) is 107 cm³/mol. The molecule has 146 valence electrons. The van der Waals surface area contributed by atoms with Crippen molar-refractivity contribution in [2.75, 3.05) is 39.3 Å². The summed E-state index contributed by atoms with van der Waals surface area (Å²) in [7, 11) is 0. The molecule has 6 heteroatoms. The van der Waals surface area contributed by atoms with Crippen LogP contribution >= 0.6 is 0 Å². The Hall–Kier alpha value is -2.86. The number of nitrogens with zero attached hydrogens (tertiary/aromatic N) is 2. The molecular weight excluding hydrogens is 357 g/mol. The number of benzene rings is 2. The lowest BCUT2D eigenvalue weighted by Gasteiger charge is -2.34. The van der Waals surface area contributed by atoms with Gasteiger partial charge in [0, 0.05) is 38.1 Å². The highest BCUT2D eigenvalue weighted by Gasteiger charge is 2.25. The lowest BCUT2D eigenvalue weighted by atomic mass is 10.1. The summed E-state index contributed by atoms with van der Waals surface area (Å²) in [6.45, 7) is 6.23. The Morgan fingerprint density at radius 1 is 1.07 bits per heavy atom. The minimum atomic E-state index is -0.331. The third-order valence-electron chi connectivity index (χ3n) is 5.34. The first-order valence-electron chi connectivity index (χ1n) is 9.60. The van der Waals surface area contributed by atoms with Crippen LogP contribution in [0.3, 0.4) is 0 Å². The van der Waals surface area contributed by atoms with Crippen molar-refractivity contribution in [2.45, 2.75) is 6.92 Å². The minimum Gasteiger partial charge on any atom is -0.492 e. The van der Waals surface area contributed by atoms with Gasteiger partial charge in [-0.1, -0.05) is 30.3 Å². The maximum absolute atomic E-state index is 14.0. The molecule has 1 fully saturated rings. The second-order valence-corrected chi connectivity index (χ2v) is 7.08. The standard InChI is InChI=1S/C22H24FN3O2/c1-16-18-8-5-9-19(23)21(18)24-20(16)22(27)26-12-10-25(11-13-26)14-15-28-17-6-3-2-4-7-17/h2-9,24H,10-15H2,1H3. The van der Waals surface area contributed by atoms with Gasteiger partial charge in [-0.2, -0.15) is 0 Å². The summed E-state index contributed by atoms with van der Waals surface area (Å²) >= 11 is 0. The number of ether oxygens (including phenoxy) is 1. The first-order valence-corrected chi connectivity index (χ1v) is 9.60. The number of hydrogen-bond donors (Lipinski definition) is 1. The second-order valence-electron chi connectivity index (χ2n) is 7.08. The molecule has 0 unspecified atom stereocenters. The molecule has 1 saturated heterocycles. The smallest absolute Gasteiger partial charge is 0.270 e. The molecule has 0 bridgehead atoms. The van der Waals surface area contributed by atoms with Gasteiger partial charge in [-0.05, 0) is 30.7 Å². The van der Waals surface area contributed by atoms with E-state index in [2.05, 4.69) is 9.88 Å². The number of piperazine rings is 1. The Balaban J connectivity index is 1.33. The van der Waals surface area contributed by atoms with Crippen molar-refractivity contribution in [3.05, 3.63) is 65.6 Å². The number of fused-ring (bicyclic) bond motifs is 1. The maximum atomic E-state index is 14.0. The largest absolute Gasteiger partial charge is 0.492 e. The number of carbonyl (C=O) groups excluding carboxylic acids is 1. The first-order chi connectivity index (χ1) is 13.6. The van der Waals surface area contributed by atoms with E-state index in [0.29, 0.717) is 30.9 Å². The Bertz CT molecular complexity index is 963. The van der Waals surface area contributed by atoms with Crippen LogP contribution in [0.1, 0.15) is 16.1 Å². The average Bonchev–Trinajstić information content (AvgIpc) is 3.07. The first kappa shape index (κ1) is 18.5. The number of aromatic nitrogens is 1. The fraction of sp³-hybridized carbons (Fsp3) is 0.318. The highest BCUT2D eigenvalue weighted by Crippen LogP contribution is 2.25. The van der Waals surface area contributed by atoms with Gasteiger partial charge in [-0.15, -0.1) is 0 Å². The number of hydrogen-bond acceptors (Lipinski definition) is 3. The van der Waals surface area contributed by atoms with Crippen molar-refractivity contribution in [3.8, 4) is 5.75 Å². The lowest BCUT2D eigenvalue weighted by molar-refractivity contribution is 0.0615. The molecule has 1 aliphatic heterocycles. The van der Waals surface area contributed by atoms with Crippen LogP contribution in [0.15, 0.2) is 48.5 Å². The quantitative estimate of drug-likeness (QED) is 0.736. The fourth-order valence-electron chi connectivity index (χ4n) is 3.67. The molecular formula is C22H24FN3O2. The molecule has 1 N–H and O–H groups in total. The number of aromatic amines is 1. The van der Waals surface area contributed by atoms with Crippen molar-refractivity contribution < 1.29 is 13.9 Å².